The van der Waals surface area contributed by atoms with Crippen LogP contribution in [0.25, 0.3) is 0 Å². The van der Waals surface area contributed by atoms with Gasteiger partial charge in [0, 0.05) is 0 Å². The van der Waals surface area contributed by atoms with Gasteiger partial charge in [-0.1, -0.05) is 17.2 Å². The van der Waals surface area contributed by atoms with Crippen LogP contribution in [0.1, 0.15) is 5.56 Å². The minimum atomic E-state index is -0.387. The van der Waals surface area contributed by atoms with Crippen LogP contribution in [0, 0.1) is 0 Å². The average Bonchev–Trinajstić information content (AvgIpc) is 2.84. The van der Waals surface area contributed by atoms with E-state index in [1.807, 2.05) is 18.2 Å². The number of methoxy groups -OCH3 is 1. The highest BCUT2D eigenvalue weighted by molar-refractivity contribution is 5.82. The number of nitrogens with zero attached hydrogens (tertiary/aromatic N) is 5. The number of carbonyl (C=O) groups excluding carboxylic acids is 1. The number of nitrogens with one attached hydrogen (secondary N) is 1. The zero-order valence-corrected chi connectivity index (χ0v) is 10.7. The molecular weight excluding hydrogens is 262 g/mol. The molecule has 0 atom stereocenters. The molecule has 1 aromatic heterocycles. The van der Waals surface area contributed by atoms with E-state index in [2.05, 4.69) is 25.9 Å². The van der Waals surface area contributed by atoms with Gasteiger partial charge in [-0.2, -0.15) is 9.90 Å². The number of anilines is 1. The zero-order valence-electron chi connectivity index (χ0n) is 10.7. The summed E-state index contributed by atoms with van der Waals surface area (Å²) in [4.78, 5) is 12.6. The number of aromatic nitrogens is 4. The Balaban J connectivity index is 1.87. The molecule has 104 valence electrons. The largest absolute Gasteiger partial charge is 0.497 e. The van der Waals surface area contributed by atoms with E-state index in [1.165, 1.54) is 6.21 Å². The number of rotatable bonds is 5. The molecule has 0 saturated heterocycles. The van der Waals surface area contributed by atoms with E-state index in [-0.39, 0.29) is 18.4 Å². The molecule has 3 N–H and O–H groups in total. The summed E-state index contributed by atoms with van der Waals surface area (Å²) in [7, 11) is 1.58. The zero-order chi connectivity index (χ0) is 14.4. The molecule has 0 aliphatic heterocycles. The van der Waals surface area contributed by atoms with Crippen molar-refractivity contribution in [3.05, 3.63) is 29.8 Å². The Morgan fingerprint density at radius 2 is 2.45 bits per heavy atom. The fraction of sp³-hybridized carbons (Fsp3) is 0.182. The van der Waals surface area contributed by atoms with Crippen LogP contribution < -0.4 is 15.9 Å². The van der Waals surface area contributed by atoms with Crippen molar-refractivity contribution in [3.63, 3.8) is 0 Å². The first-order chi connectivity index (χ1) is 9.67. The van der Waals surface area contributed by atoms with E-state index in [0.29, 0.717) is 5.75 Å². The van der Waals surface area contributed by atoms with Crippen LogP contribution in [0.2, 0.25) is 0 Å². The second-order valence-corrected chi connectivity index (χ2v) is 3.75. The van der Waals surface area contributed by atoms with Crippen LogP contribution >= 0.6 is 0 Å². The van der Waals surface area contributed by atoms with Crippen molar-refractivity contribution in [3.8, 4) is 5.75 Å². The van der Waals surface area contributed by atoms with Gasteiger partial charge in [0.2, 0.25) is 0 Å². The Bertz CT molecular complexity index is 623. The van der Waals surface area contributed by atoms with Crippen molar-refractivity contribution >= 4 is 18.1 Å². The third-order valence-electron chi connectivity index (χ3n) is 2.25. The Morgan fingerprint density at radius 1 is 1.60 bits per heavy atom. The molecule has 0 saturated carbocycles. The molecule has 2 aromatic rings. The molecule has 1 heterocycles. The fourth-order valence-corrected chi connectivity index (χ4v) is 1.39. The number of tetrazole rings is 1. The van der Waals surface area contributed by atoms with Crippen molar-refractivity contribution in [2.24, 2.45) is 5.10 Å². The van der Waals surface area contributed by atoms with Crippen molar-refractivity contribution < 1.29 is 9.53 Å². The van der Waals surface area contributed by atoms with Crippen molar-refractivity contribution in [1.29, 1.82) is 0 Å². The van der Waals surface area contributed by atoms with E-state index >= 15 is 0 Å². The molecule has 9 nitrogen and oxygen atoms in total. The van der Waals surface area contributed by atoms with Gasteiger partial charge in [-0.25, -0.2) is 5.43 Å². The van der Waals surface area contributed by atoms with Gasteiger partial charge in [-0.3, -0.25) is 4.79 Å². The van der Waals surface area contributed by atoms with Crippen molar-refractivity contribution in [2.45, 2.75) is 6.54 Å². The quantitative estimate of drug-likeness (QED) is 0.556. The topological polar surface area (TPSA) is 120 Å². The molecule has 20 heavy (non-hydrogen) atoms. The maximum atomic E-state index is 11.5. The van der Waals surface area contributed by atoms with E-state index in [9.17, 15) is 4.79 Å². The molecule has 1 aromatic carbocycles. The van der Waals surface area contributed by atoms with E-state index in [0.717, 1.165) is 10.4 Å². The summed E-state index contributed by atoms with van der Waals surface area (Å²) in [5.74, 6) is 0.335. The van der Waals surface area contributed by atoms with Gasteiger partial charge in [-0.05, 0) is 22.9 Å². The molecule has 0 bridgehead atoms. The number of hydrogen-bond acceptors (Lipinski definition) is 7. The van der Waals surface area contributed by atoms with Crippen LogP contribution in [0.15, 0.2) is 29.4 Å². The normalized spacial score (nSPS) is 10.7. The number of amides is 1. The second-order valence-electron chi connectivity index (χ2n) is 3.75. The van der Waals surface area contributed by atoms with E-state index in [1.54, 1.807) is 13.2 Å². The Hall–Kier alpha value is -2.97. The maximum Gasteiger partial charge on any atom is 0.263 e. The fourth-order valence-electron chi connectivity index (χ4n) is 1.39. The van der Waals surface area contributed by atoms with Gasteiger partial charge < -0.3 is 10.5 Å². The van der Waals surface area contributed by atoms with E-state index < -0.39 is 0 Å². The van der Waals surface area contributed by atoms with Crippen molar-refractivity contribution in [2.75, 3.05) is 12.8 Å². The molecule has 0 fully saturated rings. The Labute approximate surface area is 114 Å². The first kappa shape index (κ1) is 13.5. The van der Waals surface area contributed by atoms with Gasteiger partial charge >= 0.3 is 0 Å². The molecule has 0 radical (unpaired) electrons. The minimum Gasteiger partial charge on any atom is -0.497 e. The van der Waals surface area contributed by atoms with Gasteiger partial charge in [0.25, 0.3) is 11.9 Å². The molecular formula is C11H13N7O2. The lowest BCUT2D eigenvalue weighted by atomic mass is 10.2. The number of hydrogen-bond donors (Lipinski definition) is 2. The van der Waals surface area contributed by atoms with E-state index in [4.69, 9.17) is 10.5 Å². The summed E-state index contributed by atoms with van der Waals surface area (Å²) >= 11 is 0. The van der Waals surface area contributed by atoms with Crippen molar-refractivity contribution in [1.82, 2.24) is 25.6 Å². The summed E-state index contributed by atoms with van der Waals surface area (Å²) in [6.07, 6.45) is 1.50. The predicted molar refractivity (Wildman–Crippen MR) is 71.0 cm³/mol. The summed E-state index contributed by atoms with van der Waals surface area (Å²) in [5, 5.41) is 14.5. The minimum absolute atomic E-state index is 0.0117. The molecule has 1 amide bonds. The predicted octanol–water partition coefficient (Wildman–Crippen LogP) is -0.586. The van der Waals surface area contributed by atoms with Crippen LogP contribution in [-0.2, 0) is 11.3 Å². The number of carbonyl (C=O) groups is 1. The van der Waals surface area contributed by atoms with Gasteiger partial charge in [0.1, 0.15) is 12.3 Å². The smallest absolute Gasteiger partial charge is 0.263 e. The molecule has 0 aliphatic rings. The third-order valence-corrected chi connectivity index (χ3v) is 2.25. The van der Waals surface area contributed by atoms with Crippen LogP contribution in [-0.4, -0.2) is 39.4 Å². The molecule has 9 heteroatoms. The summed E-state index contributed by atoms with van der Waals surface area (Å²) in [6.45, 7) is -0.111. The summed E-state index contributed by atoms with van der Waals surface area (Å²) in [6, 6.07) is 7.26. The monoisotopic (exact) mass is 275 g/mol. The van der Waals surface area contributed by atoms with Gasteiger partial charge in [0.15, 0.2) is 0 Å². The maximum absolute atomic E-state index is 11.5. The number of nitrogens with two attached hydrogens (primary N) is 1. The molecule has 0 aliphatic carbocycles. The summed E-state index contributed by atoms with van der Waals surface area (Å²) < 4.78 is 5.08. The highest BCUT2D eigenvalue weighted by Gasteiger charge is 2.04. The molecule has 2 rings (SSSR count). The first-order valence-corrected chi connectivity index (χ1v) is 5.66. The highest BCUT2D eigenvalue weighted by Crippen LogP contribution is 2.10. The number of nitrogen functional groups attached to an aromatic ring is 1. The molecule has 0 spiro atoms. The number of benzene rings is 1. The SMILES string of the molecule is COc1cccc(C=NNC(=O)Cn2nnc(N)n2)c1. The van der Waals surface area contributed by atoms with Crippen LogP contribution in [0.4, 0.5) is 5.95 Å². The second kappa shape index (κ2) is 6.27. The Morgan fingerprint density at radius 3 is 3.15 bits per heavy atom. The molecule has 0 unspecified atom stereocenters. The van der Waals surface area contributed by atoms with Crippen LogP contribution in [0.5, 0.6) is 5.75 Å². The third kappa shape index (κ3) is 3.77. The van der Waals surface area contributed by atoms with Gasteiger partial charge in [-0.15, -0.1) is 5.10 Å². The first-order valence-electron chi connectivity index (χ1n) is 5.66. The highest BCUT2D eigenvalue weighted by atomic mass is 16.5. The lowest BCUT2D eigenvalue weighted by Gasteiger charge is -2.00. The van der Waals surface area contributed by atoms with Gasteiger partial charge in [0.05, 0.1) is 13.3 Å². The number of hydrazone groups is 1. The number of ether oxygens (including phenoxy) is 1. The standard InChI is InChI=1S/C11H13N7O2/c1-20-9-4-2-3-8(5-9)6-13-14-10(19)7-18-16-11(12)15-17-18/h2-6H,7H2,1H3,(H2,12,16)(H,14,19). The van der Waals surface area contributed by atoms with Crippen LogP contribution in [0.3, 0.4) is 0 Å². The lowest BCUT2D eigenvalue weighted by molar-refractivity contribution is -0.122. The Kier molecular flexibility index (Phi) is 4.22. The lowest BCUT2D eigenvalue weighted by Crippen LogP contribution is -2.24. The average molecular weight is 275 g/mol. The summed E-state index contributed by atoms with van der Waals surface area (Å²) in [5.41, 5.74) is 8.42.